The summed E-state index contributed by atoms with van der Waals surface area (Å²) in [6.07, 6.45) is 1.25. The van der Waals surface area contributed by atoms with Gasteiger partial charge in [-0.05, 0) is 38.8 Å². The maximum absolute atomic E-state index is 13.4. The summed E-state index contributed by atoms with van der Waals surface area (Å²) in [7, 11) is 7.74. The van der Waals surface area contributed by atoms with E-state index in [4.69, 9.17) is 17.3 Å². The molecule has 6 rings (SSSR count). The number of hydrogen-bond donors (Lipinski definition) is 1. The number of benzene rings is 1. The van der Waals surface area contributed by atoms with Crippen molar-refractivity contribution in [3.8, 4) is 34.5 Å². The summed E-state index contributed by atoms with van der Waals surface area (Å²) in [6.45, 7) is 3.51. The second-order valence-electron chi connectivity index (χ2n) is 10.5. The Morgan fingerprint density at radius 2 is 1.74 bits per heavy atom. The van der Waals surface area contributed by atoms with Crippen LogP contribution in [0.2, 0.25) is 0 Å². The fourth-order valence-electron chi connectivity index (χ4n) is 4.74. The topological polar surface area (TPSA) is 121 Å². The first-order valence-electron chi connectivity index (χ1n) is 13.5. The van der Waals surface area contributed by atoms with Gasteiger partial charge in [0, 0.05) is 35.5 Å². The molecule has 1 saturated carbocycles. The van der Waals surface area contributed by atoms with Crippen LogP contribution in [0.1, 0.15) is 55.6 Å². The van der Waals surface area contributed by atoms with Crippen LogP contribution in [-0.2, 0) is 11.9 Å². The molecular weight excluding hydrogens is 562 g/mol. The molecule has 218 valence electrons. The minimum atomic E-state index is -4.59. The Labute approximate surface area is 245 Å². The molecule has 4 heterocycles. The van der Waals surface area contributed by atoms with Crippen molar-refractivity contribution >= 4 is 18.9 Å². The van der Waals surface area contributed by atoms with Gasteiger partial charge >= 0.3 is 6.18 Å². The maximum atomic E-state index is 13.4. The number of nitrogens with zero attached hydrogens (tertiary/aromatic N) is 7. The predicted octanol–water partition coefficient (Wildman–Crippen LogP) is 5.18. The maximum Gasteiger partial charge on any atom is 0.434 e. The van der Waals surface area contributed by atoms with Gasteiger partial charge in [-0.2, -0.15) is 18.2 Å². The van der Waals surface area contributed by atoms with E-state index >= 15 is 0 Å². The molecule has 10 nitrogen and oxygen atoms in total. The van der Waals surface area contributed by atoms with Crippen molar-refractivity contribution in [2.75, 3.05) is 7.11 Å². The quantitative estimate of drug-likeness (QED) is 0.193. The van der Waals surface area contributed by atoms with Crippen LogP contribution in [0, 0.1) is 0 Å². The van der Waals surface area contributed by atoms with Gasteiger partial charge in [-0.25, -0.2) is 24.9 Å². The lowest BCUT2D eigenvalue weighted by atomic mass is 9.86. The SMILES string of the molecule is [B]C(O)(Oc1nc(-c2c(OC)ncnc2C2CC2)nc2cccnc12)c1ccc(-c2nc(C(F)(F)F)cn2C(C)C)cc1. The zero-order valence-electron chi connectivity index (χ0n) is 23.4. The normalized spacial score (nSPS) is 15.1. The molecule has 1 aliphatic rings. The number of imidazole rings is 1. The Morgan fingerprint density at radius 1 is 1.00 bits per heavy atom. The third-order valence-corrected chi connectivity index (χ3v) is 7.03. The average molecular weight is 587 g/mol. The van der Waals surface area contributed by atoms with Crippen LogP contribution < -0.4 is 9.47 Å². The molecule has 14 heteroatoms. The van der Waals surface area contributed by atoms with Gasteiger partial charge in [-0.3, -0.25) is 0 Å². The van der Waals surface area contributed by atoms with Gasteiger partial charge in [0.2, 0.25) is 11.8 Å². The Morgan fingerprint density at radius 3 is 2.40 bits per heavy atom. The molecule has 1 atom stereocenters. The summed E-state index contributed by atoms with van der Waals surface area (Å²) < 4.78 is 52.9. The van der Waals surface area contributed by atoms with Crippen LogP contribution in [0.25, 0.3) is 33.8 Å². The van der Waals surface area contributed by atoms with E-state index < -0.39 is 17.6 Å². The number of halogens is 3. The fraction of sp³-hybridized carbons (Fsp3) is 0.310. The third-order valence-electron chi connectivity index (χ3n) is 7.03. The number of hydrogen-bond acceptors (Lipinski definition) is 9. The number of pyridine rings is 1. The third kappa shape index (κ3) is 5.49. The van der Waals surface area contributed by atoms with Gasteiger partial charge < -0.3 is 19.1 Å². The second kappa shape index (κ2) is 10.6. The molecule has 1 fully saturated rings. The summed E-state index contributed by atoms with van der Waals surface area (Å²) in [4.78, 5) is 26.0. The minimum absolute atomic E-state index is 0.104. The molecule has 0 aliphatic heterocycles. The molecule has 0 spiro atoms. The first-order chi connectivity index (χ1) is 20.5. The standard InChI is InChI=1S/C29H25BF3N7O3/c1-15(2)40-13-20(29(31,32)33)38-25(40)17-8-10-18(11-9-17)28(30,41)43-27-23-19(5-4-12-34-23)37-24(39-27)21-22(16-6-7-16)35-14-36-26(21)42-3/h4-5,8-16,41H,6-7H2,1-3H3. The molecule has 1 aromatic carbocycles. The van der Waals surface area contributed by atoms with Gasteiger partial charge in [0.25, 0.3) is 0 Å². The molecule has 4 aromatic heterocycles. The van der Waals surface area contributed by atoms with Crippen LogP contribution >= 0.6 is 0 Å². The lowest BCUT2D eigenvalue weighted by molar-refractivity contribution is -0.140. The minimum Gasteiger partial charge on any atom is -0.480 e. The van der Waals surface area contributed by atoms with Crippen molar-refractivity contribution < 1.29 is 27.8 Å². The van der Waals surface area contributed by atoms with Crippen LogP contribution in [0.5, 0.6) is 11.8 Å². The molecule has 1 N–H and O–H groups in total. The van der Waals surface area contributed by atoms with Crippen LogP contribution in [0.4, 0.5) is 13.2 Å². The number of aliphatic hydroxyl groups is 1. The fourth-order valence-corrected chi connectivity index (χ4v) is 4.74. The van der Waals surface area contributed by atoms with Gasteiger partial charge in [0.15, 0.2) is 30.6 Å². The Kier molecular flexibility index (Phi) is 7.03. The number of methoxy groups -OCH3 is 1. The smallest absolute Gasteiger partial charge is 0.434 e. The first-order valence-corrected chi connectivity index (χ1v) is 13.5. The molecule has 0 saturated heterocycles. The van der Waals surface area contributed by atoms with Gasteiger partial charge in [0.1, 0.15) is 17.7 Å². The largest absolute Gasteiger partial charge is 0.480 e. The molecular formula is C29H25BF3N7O3. The summed E-state index contributed by atoms with van der Waals surface area (Å²) in [5.41, 5.74) is -0.988. The lowest BCUT2D eigenvalue weighted by Crippen LogP contribution is -2.33. The van der Waals surface area contributed by atoms with E-state index in [9.17, 15) is 18.3 Å². The summed E-state index contributed by atoms with van der Waals surface area (Å²) in [5.74, 6) is 0.733. The zero-order valence-corrected chi connectivity index (χ0v) is 23.4. The van der Waals surface area contributed by atoms with Gasteiger partial charge in [-0.1, -0.05) is 24.3 Å². The van der Waals surface area contributed by atoms with Crippen LogP contribution in [-0.4, -0.2) is 54.5 Å². The molecule has 1 unspecified atom stereocenters. The number of ether oxygens (including phenoxy) is 2. The van der Waals surface area contributed by atoms with Crippen LogP contribution in [0.3, 0.4) is 0 Å². The van der Waals surface area contributed by atoms with Crippen molar-refractivity contribution in [1.29, 1.82) is 0 Å². The van der Waals surface area contributed by atoms with E-state index in [0.717, 1.165) is 24.7 Å². The monoisotopic (exact) mass is 587 g/mol. The van der Waals surface area contributed by atoms with E-state index in [-0.39, 0.29) is 46.4 Å². The Bertz CT molecular complexity index is 1810. The molecule has 43 heavy (non-hydrogen) atoms. The van der Waals surface area contributed by atoms with E-state index in [1.54, 1.807) is 26.0 Å². The summed E-state index contributed by atoms with van der Waals surface area (Å²) in [5, 5.41) is 11.3. The Balaban J connectivity index is 1.38. The highest BCUT2D eigenvalue weighted by molar-refractivity contribution is 6.13. The molecule has 0 bridgehead atoms. The number of alkyl halides is 3. The van der Waals surface area contributed by atoms with Crippen molar-refractivity contribution in [2.24, 2.45) is 0 Å². The van der Waals surface area contributed by atoms with Gasteiger partial charge in [0.05, 0.1) is 18.3 Å². The highest BCUT2D eigenvalue weighted by Gasteiger charge is 2.36. The second-order valence-corrected chi connectivity index (χ2v) is 10.5. The summed E-state index contributed by atoms with van der Waals surface area (Å²) in [6, 6.07) is 9.03. The number of aromatic nitrogens is 7. The van der Waals surface area contributed by atoms with Crippen molar-refractivity contribution in [2.45, 2.75) is 50.5 Å². The van der Waals surface area contributed by atoms with Crippen molar-refractivity contribution in [1.82, 2.24) is 34.5 Å². The van der Waals surface area contributed by atoms with E-state index in [2.05, 4.69) is 29.9 Å². The zero-order chi connectivity index (χ0) is 30.5. The molecule has 1 aliphatic carbocycles. The van der Waals surface area contributed by atoms with E-state index in [1.165, 1.54) is 48.5 Å². The van der Waals surface area contributed by atoms with Crippen molar-refractivity contribution in [3.05, 3.63) is 72.1 Å². The van der Waals surface area contributed by atoms with Gasteiger partial charge in [-0.15, -0.1) is 0 Å². The highest BCUT2D eigenvalue weighted by Crippen LogP contribution is 2.45. The predicted molar refractivity (Wildman–Crippen MR) is 150 cm³/mol. The van der Waals surface area contributed by atoms with Crippen LogP contribution in [0.15, 0.2) is 55.1 Å². The lowest BCUT2D eigenvalue weighted by Gasteiger charge is -2.26. The average Bonchev–Trinajstić information content (AvgIpc) is 3.72. The molecule has 2 radical (unpaired) electrons. The molecule has 5 aromatic rings. The van der Waals surface area contributed by atoms with E-state index in [1.807, 2.05) is 0 Å². The Hall–Kier alpha value is -4.59. The number of fused-ring (bicyclic) bond motifs is 1. The molecule has 0 amide bonds. The summed E-state index contributed by atoms with van der Waals surface area (Å²) >= 11 is 0. The number of rotatable bonds is 8. The van der Waals surface area contributed by atoms with Crippen molar-refractivity contribution in [3.63, 3.8) is 0 Å². The first kappa shape index (κ1) is 28.5. The van der Waals surface area contributed by atoms with E-state index in [0.29, 0.717) is 16.6 Å². The highest BCUT2D eigenvalue weighted by atomic mass is 19.4.